The van der Waals surface area contributed by atoms with Gasteiger partial charge in [-0.3, -0.25) is 0 Å². The molecule has 25 heavy (non-hydrogen) atoms. The molecule has 0 aliphatic rings. The van der Waals surface area contributed by atoms with Crippen LogP contribution in [0, 0.1) is 12.7 Å². The van der Waals surface area contributed by atoms with Crippen molar-refractivity contribution >= 4 is 17.4 Å². The Balaban J connectivity index is 1.71. The maximum atomic E-state index is 13.7. The van der Waals surface area contributed by atoms with Crippen LogP contribution in [0.1, 0.15) is 31.3 Å². The number of rotatable bonds is 6. The van der Waals surface area contributed by atoms with Gasteiger partial charge < -0.3 is 9.84 Å². The second-order valence-electron chi connectivity index (χ2n) is 5.60. The minimum atomic E-state index is -0.286. The smallest absolute Gasteiger partial charge is 0.249 e. The van der Waals surface area contributed by atoms with Crippen LogP contribution in [0.5, 0.6) is 0 Å². The molecule has 1 N–H and O–H groups in total. The minimum absolute atomic E-state index is 0.192. The van der Waals surface area contributed by atoms with Gasteiger partial charge in [0.25, 0.3) is 0 Å². The SMILES string of the molecule is CCSc1ccc(N[C@H](C)c2nc(-c3ccc(C)c(F)c3)no2)cn1. The quantitative estimate of drug-likeness (QED) is 0.635. The lowest BCUT2D eigenvalue weighted by atomic mass is 10.1. The van der Waals surface area contributed by atoms with E-state index in [1.54, 1.807) is 37.0 Å². The van der Waals surface area contributed by atoms with Gasteiger partial charge in [-0.05, 0) is 43.4 Å². The van der Waals surface area contributed by atoms with Crippen molar-refractivity contribution in [3.8, 4) is 11.4 Å². The molecule has 130 valence electrons. The number of anilines is 1. The third kappa shape index (κ3) is 4.17. The van der Waals surface area contributed by atoms with Crippen LogP contribution in [-0.2, 0) is 0 Å². The molecule has 1 aromatic carbocycles. The number of hydrogen-bond donors (Lipinski definition) is 1. The zero-order valence-electron chi connectivity index (χ0n) is 14.3. The first-order valence-corrected chi connectivity index (χ1v) is 9.01. The van der Waals surface area contributed by atoms with Crippen molar-refractivity contribution in [2.45, 2.75) is 31.8 Å². The standard InChI is InChI=1S/C18H19FN4OS/c1-4-25-16-8-7-14(10-20-16)21-12(3)18-22-17(23-24-18)13-6-5-11(2)15(19)9-13/h5-10,12,21H,4H2,1-3H3/t12-/m1/s1. The van der Waals surface area contributed by atoms with E-state index in [9.17, 15) is 4.39 Å². The molecule has 0 radical (unpaired) electrons. The summed E-state index contributed by atoms with van der Waals surface area (Å²) in [6.45, 7) is 5.72. The largest absolute Gasteiger partial charge is 0.373 e. The maximum absolute atomic E-state index is 13.7. The number of aromatic nitrogens is 3. The first kappa shape index (κ1) is 17.4. The van der Waals surface area contributed by atoms with Gasteiger partial charge in [-0.2, -0.15) is 4.98 Å². The number of benzene rings is 1. The zero-order chi connectivity index (χ0) is 17.8. The van der Waals surface area contributed by atoms with Gasteiger partial charge in [-0.15, -0.1) is 11.8 Å². The summed E-state index contributed by atoms with van der Waals surface area (Å²) in [4.78, 5) is 8.74. The van der Waals surface area contributed by atoms with E-state index in [-0.39, 0.29) is 11.9 Å². The number of pyridine rings is 1. The van der Waals surface area contributed by atoms with Crippen LogP contribution in [0.2, 0.25) is 0 Å². The molecule has 0 aliphatic heterocycles. The Kier molecular flexibility index (Phi) is 5.33. The molecule has 2 heterocycles. The van der Waals surface area contributed by atoms with Crippen molar-refractivity contribution < 1.29 is 8.91 Å². The summed E-state index contributed by atoms with van der Waals surface area (Å²) < 4.78 is 19.0. The van der Waals surface area contributed by atoms with Crippen LogP contribution in [0.3, 0.4) is 0 Å². The summed E-state index contributed by atoms with van der Waals surface area (Å²) in [5, 5.41) is 8.21. The molecular formula is C18H19FN4OS. The van der Waals surface area contributed by atoms with E-state index in [1.807, 2.05) is 19.1 Å². The summed E-state index contributed by atoms with van der Waals surface area (Å²) >= 11 is 1.69. The van der Waals surface area contributed by atoms with E-state index < -0.39 is 0 Å². The van der Waals surface area contributed by atoms with Crippen molar-refractivity contribution in [3.05, 3.63) is 53.8 Å². The number of thioether (sulfide) groups is 1. The lowest BCUT2D eigenvalue weighted by molar-refractivity contribution is 0.368. The van der Waals surface area contributed by atoms with E-state index in [0.717, 1.165) is 16.5 Å². The van der Waals surface area contributed by atoms with Crippen molar-refractivity contribution in [1.29, 1.82) is 0 Å². The van der Waals surface area contributed by atoms with E-state index in [0.29, 0.717) is 22.8 Å². The minimum Gasteiger partial charge on any atom is -0.373 e. The van der Waals surface area contributed by atoms with E-state index in [2.05, 4.69) is 27.4 Å². The van der Waals surface area contributed by atoms with Gasteiger partial charge in [0.1, 0.15) is 11.9 Å². The average Bonchev–Trinajstić information content (AvgIpc) is 3.09. The predicted octanol–water partition coefficient (Wildman–Crippen LogP) is 4.86. The van der Waals surface area contributed by atoms with Crippen molar-refractivity contribution in [3.63, 3.8) is 0 Å². The molecule has 0 amide bonds. The Morgan fingerprint density at radius 3 is 2.80 bits per heavy atom. The van der Waals surface area contributed by atoms with Gasteiger partial charge in [-0.25, -0.2) is 9.37 Å². The van der Waals surface area contributed by atoms with Gasteiger partial charge >= 0.3 is 0 Å². The summed E-state index contributed by atoms with van der Waals surface area (Å²) in [5.41, 5.74) is 2.04. The maximum Gasteiger partial charge on any atom is 0.249 e. The number of halogens is 1. The highest BCUT2D eigenvalue weighted by Crippen LogP contribution is 2.23. The Labute approximate surface area is 150 Å². The van der Waals surface area contributed by atoms with E-state index >= 15 is 0 Å². The molecule has 3 rings (SSSR count). The third-order valence-electron chi connectivity index (χ3n) is 3.65. The molecule has 7 heteroatoms. The van der Waals surface area contributed by atoms with E-state index in [4.69, 9.17) is 4.52 Å². The highest BCUT2D eigenvalue weighted by atomic mass is 32.2. The number of nitrogens with one attached hydrogen (secondary N) is 1. The Hall–Kier alpha value is -2.41. The van der Waals surface area contributed by atoms with Gasteiger partial charge in [0.05, 0.1) is 16.9 Å². The van der Waals surface area contributed by atoms with Crippen LogP contribution in [0.25, 0.3) is 11.4 Å². The highest BCUT2D eigenvalue weighted by Gasteiger charge is 2.16. The van der Waals surface area contributed by atoms with Crippen LogP contribution < -0.4 is 5.32 Å². The Morgan fingerprint density at radius 1 is 1.28 bits per heavy atom. The highest BCUT2D eigenvalue weighted by molar-refractivity contribution is 7.99. The van der Waals surface area contributed by atoms with Gasteiger partial charge in [0, 0.05) is 5.56 Å². The van der Waals surface area contributed by atoms with Crippen LogP contribution in [0.4, 0.5) is 10.1 Å². The fourth-order valence-corrected chi connectivity index (χ4v) is 2.86. The van der Waals surface area contributed by atoms with Crippen molar-refractivity contribution in [2.24, 2.45) is 0 Å². The summed E-state index contributed by atoms with van der Waals surface area (Å²) in [7, 11) is 0. The molecule has 2 aromatic heterocycles. The predicted molar refractivity (Wildman–Crippen MR) is 97.1 cm³/mol. The Bertz CT molecular complexity index is 851. The molecule has 3 aromatic rings. The molecular weight excluding hydrogens is 339 g/mol. The second kappa shape index (κ2) is 7.65. The molecule has 0 aliphatic carbocycles. The molecule has 0 unspecified atom stereocenters. The average molecular weight is 358 g/mol. The molecule has 0 spiro atoms. The summed E-state index contributed by atoms with van der Waals surface area (Å²) in [5.74, 6) is 1.50. The number of hydrogen-bond acceptors (Lipinski definition) is 6. The molecule has 0 fully saturated rings. The summed E-state index contributed by atoms with van der Waals surface area (Å²) in [6.07, 6.45) is 1.78. The van der Waals surface area contributed by atoms with Crippen molar-refractivity contribution in [1.82, 2.24) is 15.1 Å². The van der Waals surface area contributed by atoms with Crippen LogP contribution in [-0.4, -0.2) is 20.9 Å². The molecule has 5 nitrogen and oxygen atoms in total. The first-order valence-electron chi connectivity index (χ1n) is 8.02. The second-order valence-corrected chi connectivity index (χ2v) is 6.89. The fourth-order valence-electron chi connectivity index (χ4n) is 2.27. The normalized spacial score (nSPS) is 12.2. The summed E-state index contributed by atoms with van der Waals surface area (Å²) in [6, 6.07) is 8.63. The molecule has 0 saturated heterocycles. The topological polar surface area (TPSA) is 63.8 Å². The lowest BCUT2D eigenvalue weighted by Gasteiger charge is -2.10. The first-order chi connectivity index (χ1) is 12.1. The molecule has 0 saturated carbocycles. The fraction of sp³-hybridized carbons (Fsp3) is 0.278. The Morgan fingerprint density at radius 2 is 2.12 bits per heavy atom. The van der Waals surface area contributed by atoms with Gasteiger partial charge in [0.15, 0.2) is 0 Å². The monoisotopic (exact) mass is 358 g/mol. The number of aryl methyl sites for hydroxylation is 1. The van der Waals surface area contributed by atoms with Crippen LogP contribution in [0.15, 0.2) is 46.1 Å². The van der Waals surface area contributed by atoms with Gasteiger partial charge in [0.2, 0.25) is 11.7 Å². The van der Waals surface area contributed by atoms with E-state index in [1.165, 1.54) is 6.07 Å². The lowest BCUT2D eigenvalue weighted by Crippen LogP contribution is -2.07. The van der Waals surface area contributed by atoms with Crippen LogP contribution >= 0.6 is 11.8 Å². The number of nitrogens with zero attached hydrogens (tertiary/aromatic N) is 3. The third-order valence-corrected chi connectivity index (χ3v) is 4.48. The van der Waals surface area contributed by atoms with Gasteiger partial charge in [-0.1, -0.05) is 24.2 Å². The zero-order valence-corrected chi connectivity index (χ0v) is 15.1. The van der Waals surface area contributed by atoms with Crippen molar-refractivity contribution in [2.75, 3.05) is 11.1 Å². The molecule has 1 atom stereocenters. The molecule has 0 bridgehead atoms.